The first kappa shape index (κ1) is 22.0. The summed E-state index contributed by atoms with van der Waals surface area (Å²) >= 11 is 0. The standard InChI is InChI=1S/C25H27N5O4/c1-34-23-5-3-2-4-21(23)30-15-18(13-26-30)14-28-10-11-29-22(16-28)24(32)27-20(25(29)33)12-17-6-8-19(31)9-7-17/h2-9,13,15,20,22,31H,10-12,14,16H2,1H3,(H,27,32)/t20-,22+/m0/s1. The van der Waals surface area contributed by atoms with Crippen LogP contribution in [0.5, 0.6) is 11.5 Å². The fraction of sp³-hybridized carbons (Fsp3) is 0.320. The lowest BCUT2D eigenvalue weighted by atomic mass is 9.98. The summed E-state index contributed by atoms with van der Waals surface area (Å²) in [5.74, 6) is 0.733. The average Bonchev–Trinajstić information content (AvgIpc) is 3.32. The Bertz CT molecular complexity index is 1190. The molecule has 9 heteroatoms. The molecule has 2 saturated heterocycles. The fourth-order valence-electron chi connectivity index (χ4n) is 4.66. The number of carbonyl (C=O) groups excluding carboxylic acids is 2. The number of hydrogen-bond acceptors (Lipinski definition) is 6. The molecule has 2 amide bonds. The van der Waals surface area contributed by atoms with Crippen LogP contribution in [0.15, 0.2) is 60.9 Å². The van der Waals surface area contributed by atoms with Gasteiger partial charge in [0.1, 0.15) is 29.3 Å². The summed E-state index contributed by atoms with van der Waals surface area (Å²) in [7, 11) is 1.63. The molecule has 0 radical (unpaired) electrons. The van der Waals surface area contributed by atoms with Crippen LogP contribution in [0.4, 0.5) is 0 Å². The molecule has 1 aromatic heterocycles. The van der Waals surface area contributed by atoms with E-state index in [2.05, 4.69) is 15.3 Å². The first-order valence-corrected chi connectivity index (χ1v) is 11.3. The van der Waals surface area contributed by atoms with Crippen LogP contribution in [-0.2, 0) is 22.6 Å². The van der Waals surface area contributed by atoms with E-state index in [-0.39, 0.29) is 17.6 Å². The molecule has 34 heavy (non-hydrogen) atoms. The van der Waals surface area contributed by atoms with Crippen LogP contribution in [0.2, 0.25) is 0 Å². The van der Waals surface area contributed by atoms with E-state index in [0.29, 0.717) is 32.6 Å². The van der Waals surface area contributed by atoms with Gasteiger partial charge >= 0.3 is 0 Å². The van der Waals surface area contributed by atoms with Crippen LogP contribution >= 0.6 is 0 Å². The summed E-state index contributed by atoms with van der Waals surface area (Å²) < 4.78 is 7.21. The van der Waals surface area contributed by atoms with Gasteiger partial charge in [-0.05, 0) is 29.8 Å². The van der Waals surface area contributed by atoms with Gasteiger partial charge in [-0.25, -0.2) is 4.68 Å². The first-order chi connectivity index (χ1) is 16.5. The number of amides is 2. The number of phenols is 1. The van der Waals surface area contributed by atoms with Crippen LogP contribution in [0.3, 0.4) is 0 Å². The average molecular weight is 462 g/mol. The van der Waals surface area contributed by atoms with Gasteiger partial charge in [-0.15, -0.1) is 0 Å². The lowest BCUT2D eigenvalue weighted by Crippen LogP contribution is -2.69. The summed E-state index contributed by atoms with van der Waals surface area (Å²) in [6.45, 7) is 2.30. The number of fused-ring (bicyclic) bond motifs is 1. The topological polar surface area (TPSA) is 99.9 Å². The third-order valence-corrected chi connectivity index (χ3v) is 6.42. The van der Waals surface area contributed by atoms with Gasteiger partial charge in [0.05, 0.1) is 13.3 Å². The molecular formula is C25H27N5O4. The third kappa shape index (κ3) is 4.34. The van der Waals surface area contributed by atoms with Gasteiger partial charge in [0, 0.05) is 44.4 Å². The van der Waals surface area contributed by atoms with Gasteiger partial charge in [-0.1, -0.05) is 24.3 Å². The Morgan fingerprint density at radius 2 is 1.88 bits per heavy atom. The number of carbonyl (C=O) groups is 2. The zero-order chi connectivity index (χ0) is 23.7. The number of benzene rings is 2. The number of aromatic hydroxyl groups is 1. The van der Waals surface area contributed by atoms with E-state index in [4.69, 9.17) is 4.74 Å². The van der Waals surface area contributed by atoms with E-state index in [1.807, 2.05) is 36.7 Å². The molecule has 3 aromatic rings. The van der Waals surface area contributed by atoms with E-state index in [0.717, 1.165) is 22.6 Å². The van der Waals surface area contributed by atoms with E-state index >= 15 is 0 Å². The van der Waals surface area contributed by atoms with E-state index < -0.39 is 12.1 Å². The molecule has 5 rings (SSSR count). The van der Waals surface area contributed by atoms with Crippen molar-refractivity contribution in [3.8, 4) is 17.2 Å². The summed E-state index contributed by atoms with van der Waals surface area (Å²) in [4.78, 5) is 29.9. The van der Waals surface area contributed by atoms with Gasteiger partial charge < -0.3 is 20.1 Å². The Labute approximate surface area is 197 Å². The van der Waals surface area contributed by atoms with Crippen molar-refractivity contribution in [3.05, 3.63) is 72.1 Å². The van der Waals surface area contributed by atoms with Crippen LogP contribution in [-0.4, -0.2) is 75.3 Å². The number of para-hydroxylation sites is 2. The minimum Gasteiger partial charge on any atom is -0.508 e. The molecular weight excluding hydrogens is 434 g/mol. The van der Waals surface area contributed by atoms with E-state index in [1.165, 1.54) is 0 Å². The van der Waals surface area contributed by atoms with Crippen LogP contribution in [0, 0.1) is 0 Å². The van der Waals surface area contributed by atoms with Crippen molar-refractivity contribution in [2.45, 2.75) is 25.0 Å². The number of nitrogens with one attached hydrogen (secondary N) is 1. The van der Waals surface area contributed by atoms with Gasteiger partial charge in [0.25, 0.3) is 0 Å². The minimum atomic E-state index is -0.584. The Hall–Kier alpha value is -3.85. The van der Waals surface area contributed by atoms with Gasteiger partial charge in [0.2, 0.25) is 11.8 Å². The number of phenolic OH excluding ortho intramolecular Hbond substituents is 1. The molecule has 9 nitrogen and oxygen atoms in total. The smallest absolute Gasteiger partial charge is 0.246 e. The largest absolute Gasteiger partial charge is 0.508 e. The molecule has 2 fully saturated rings. The zero-order valence-electron chi connectivity index (χ0n) is 18.9. The lowest BCUT2D eigenvalue weighted by molar-refractivity contribution is -0.153. The molecule has 0 spiro atoms. The molecule has 0 bridgehead atoms. The number of rotatable bonds is 6. The summed E-state index contributed by atoms with van der Waals surface area (Å²) in [6, 6.07) is 13.3. The normalized spacial score (nSPS) is 20.7. The Morgan fingerprint density at radius 3 is 2.68 bits per heavy atom. The van der Waals surface area contributed by atoms with Crippen molar-refractivity contribution in [2.24, 2.45) is 0 Å². The van der Waals surface area contributed by atoms with Crippen LogP contribution in [0.25, 0.3) is 5.69 Å². The summed E-state index contributed by atoms with van der Waals surface area (Å²) in [5.41, 5.74) is 2.77. The molecule has 3 heterocycles. The monoisotopic (exact) mass is 461 g/mol. The minimum absolute atomic E-state index is 0.0543. The number of piperazine rings is 2. The maximum atomic E-state index is 13.1. The second-order valence-corrected chi connectivity index (χ2v) is 8.68. The van der Waals surface area contributed by atoms with E-state index in [1.54, 1.807) is 41.0 Å². The Kier molecular flexibility index (Phi) is 5.93. The van der Waals surface area contributed by atoms with E-state index in [9.17, 15) is 14.7 Å². The molecule has 2 N–H and O–H groups in total. The number of methoxy groups -OCH3 is 1. The number of nitrogens with zero attached hydrogens (tertiary/aromatic N) is 4. The Morgan fingerprint density at radius 1 is 1.09 bits per heavy atom. The van der Waals surface area contributed by atoms with Gasteiger partial charge in [0.15, 0.2) is 0 Å². The highest BCUT2D eigenvalue weighted by Crippen LogP contribution is 2.23. The highest BCUT2D eigenvalue weighted by molar-refractivity contribution is 5.97. The number of ether oxygens (including phenoxy) is 1. The molecule has 0 unspecified atom stereocenters. The fourth-order valence-corrected chi connectivity index (χ4v) is 4.66. The first-order valence-electron chi connectivity index (χ1n) is 11.3. The quantitative estimate of drug-likeness (QED) is 0.575. The SMILES string of the molecule is COc1ccccc1-n1cc(CN2CCN3C(=O)[C@H](Cc4ccc(O)cc4)NC(=O)[C@H]3C2)cn1. The number of aromatic nitrogens is 2. The molecule has 0 aliphatic carbocycles. The van der Waals surface area contributed by atoms with Crippen molar-refractivity contribution in [3.63, 3.8) is 0 Å². The molecule has 176 valence electrons. The Balaban J connectivity index is 1.23. The number of hydrogen-bond donors (Lipinski definition) is 2. The van der Waals surface area contributed by atoms with Crippen LogP contribution in [0.1, 0.15) is 11.1 Å². The molecule has 2 atom stereocenters. The van der Waals surface area contributed by atoms with Crippen molar-refractivity contribution < 1.29 is 19.4 Å². The third-order valence-electron chi connectivity index (χ3n) is 6.42. The molecule has 0 saturated carbocycles. The lowest BCUT2D eigenvalue weighted by Gasteiger charge is -2.45. The van der Waals surface area contributed by atoms with Crippen molar-refractivity contribution in [1.29, 1.82) is 0 Å². The second kappa shape index (κ2) is 9.18. The maximum Gasteiger partial charge on any atom is 0.246 e. The molecule has 2 aliphatic rings. The molecule has 2 aliphatic heterocycles. The van der Waals surface area contributed by atoms with Crippen molar-refractivity contribution in [1.82, 2.24) is 24.9 Å². The summed E-state index contributed by atoms with van der Waals surface area (Å²) in [5, 5.41) is 16.8. The second-order valence-electron chi connectivity index (χ2n) is 8.68. The predicted octanol–water partition coefficient (Wildman–Crippen LogP) is 1.34. The highest BCUT2D eigenvalue weighted by Gasteiger charge is 2.43. The zero-order valence-corrected chi connectivity index (χ0v) is 18.9. The van der Waals surface area contributed by atoms with Gasteiger partial charge in [-0.3, -0.25) is 14.5 Å². The molecule has 2 aromatic carbocycles. The van der Waals surface area contributed by atoms with Gasteiger partial charge in [-0.2, -0.15) is 5.10 Å². The maximum absolute atomic E-state index is 13.1. The van der Waals surface area contributed by atoms with Crippen LogP contribution < -0.4 is 10.1 Å². The summed E-state index contributed by atoms with van der Waals surface area (Å²) in [6.07, 6.45) is 4.18. The highest BCUT2D eigenvalue weighted by atomic mass is 16.5. The van der Waals surface area contributed by atoms with Crippen molar-refractivity contribution >= 4 is 11.8 Å². The predicted molar refractivity (Wildman–Crippen MR) is 125 cm³/mol. The van der Waals surface area contributed by atoms with Crippen molar-refractivity contribution in [2.75, 3.05) is 26.7 Å².